The highest BCUT2D eigenvalue weighted by molar-refractivity contribution is 6.01. The molecule has 202 valence electrons. The molecule has 8 nitrogen and oxygen atoms in total. The lowest BCUT2D eigenvalue weighted by Gasteiger charge is -2.21. The van der Waals surface area contributed by atoms with E-state index in [9.17, 15) is 41.0 Å². The van der Waals surface area contributed by atoms with Crippen LogP contribution < -0.4 is 10.2 Å². The van der Waals surface area contributed by atoms with E-state index in [0.717, 1.165) is 16.8 Å². The molecule has 0 bridgehead atoms. The van der Waals surface area contributed by atoms with E-state index >= 15 is 0 Å². The van der Waals surface area contributed by atoms with Crippen LogP contribution >= 0.6 is 0 Å². The topological polar surface area (TPSA) is 108 Å². The largest absolute Gasteiger partial charge is 0.508 e. The Bertz CT molecular complexity index is 1380. The van der Waals surface area contributed by atoms with Crippen LogP contribution in [0.3, 0.4) is 0 Å². The zero-order valence-corrected chi connectivity index (χ0v) is 19.6. The predicted molar refractivity (Wildman–Crippen MR) is 121 cm³/mol. The molecule has 14 heteroatoms. The fraction of sp³-hybridized carbons (Fsp3) is 0.292. The van der Waals surface area contributed by atoms with E-state index in [-0.39, 0.29) is 36.6 Å². The molecule has 3 aromatic rings. The zero-order chi connectivity index (χ0) is 28.0. The Morgan fingerprint density at radius 3 is 2.26 bits per heavy atom. The van der Waals surface area contributed by atoms with Gasteiger partial charge in [-0.3, -0.25) is 4.79 Å². The lowest BCUT2D eigenvalue weighted by atomic mass is 10.1. The van der Waals surface area contributed by atoms with Crippen LogP contribution in [0, 0.1) is 0 Å². The molecule has 0 fully saturated rings. The van der Waals surface area contributed by atoms with Gasteiger partial charge in [-0.2, -0.15) is 31.4 Å². The minimum absolute atomic E-state index is 0.0163. The standard InChI is InChI=1S/C24H20F6N4O4/c1-12(14-2-4-15(5-3-14)22(37)38)31-20(36)18-19(24(28,29)30)32-34-7-6-33(21(18)34)11-13-8-16(23(25,26)27)10-17(35)9-13/h2-5,8-10,12,35H,6-7,11H2,1H3,(H,31,36)(H,37,38)/t12-/m0/s1. The third kappa shape index (κ3) is 5.38. The third-order valence-electron chi connectivity index (χ3n) is 5.99. The first-order valence-corrected chi connectivity index (χ1v) is 11.1. The van der Waals surface area contributed by atoms with Gasteiger partial charge in [0, 0.05) is 13.1 Å². The summed E-state index contributed by atoms with van der Waals surface area (Å²) >= 11 is 0. The van der Waals surface area contributed by atoms with Gasteiger partial charge in [0.05, 0.1) is 23.7 Å². The van der Waals surface area contributed by atoms with E-state index in [1.165, 1.54) is 36.1 Å². The number of anilines is 1. The molecule has 0 spiro atoms. The number of aromatic hydroxyl groups is 1. The molecule has 1 amide bonds. The van der Waals surface area contributed by atoms with E-state index in [1.807, 2.05) is 0 Å². The molecule has 0 aliphatic carbocycles. The fourth-order valence-corrected chi connectivity index (χ4v) is 4.23. The number of carboxylic acid groups (broad SMARTS) is 1. The van der Waals surface area contributed by atoms with Crippen LogP contribution in [0.4, 0.5) is 32.2 Å². The minimum atomic E-state index is -5.00. The van der Waals surface area contributed by atoms with E-state index in [0.29, 0.717) is 11.6 Å². The molecule has 2 heterocycles. The van der Waals surface area contributed by atoms with Gasteiger partial charge < -0.3 is 20.4 Å². The van der Waals surface area contributed by atoms with Gasteiger partial charge in [0.2, 0.25) is 0 Å². The average Bonchev–Trinajstić information content (AvgIpc) is 3.38. The number of phenolic OH excluding ortho intramolecular Hbond substituents is 1. The number of nitrogens with one attached hydrogen (secondary N) is 1. The van der Waals surface area contributed by atoms with Crippen molar-refractivity contribution >= 4 is 17.7 Å². The van der Waals surface area contributed by atoms with Gasteiger partial charge >= 0.3 is 18.3 Å². The summed E-state index contributed by atoms with van der Waals surface area (Å²) in [6, 6.07) is 6.92. The summed E-state index contributed by atoms with van der Waals surface area (Å²) < 4.78 is 82.1. The second-order valence-corrected chi connectivity index (χ2v) is 8.70. The van der Waals surface area contributed by atoms with Crippen molar-refractivity contribution < 1.29 is 46.1 Å². The quantitative estimate of drug-likeness (QED) is 0.385. The average molecular weight is 542 g/mol. The van der Waals surface area contributed by atoms with Gasteiger partial charge in [-0.05, 0) is 48.4 Å². The smallest absolute Gasteiger partial charge is 0.436 e. The fourth-order valence-electron chi connectivity index (χ4n) is 4.23. The molecule has 3 N–H and O–H groups in total. The minimum Gasteiger partial charge on any atom is -0.508 e. The number of benzene rings is 2. The summed E-state index contributed by atoms with van der Waals surface area (Å²) in [5.41, 5.74) is -2.99. The number of carbonyl (C=O) groups excluding carboxylic acids is 1. The molecule has 1 atom stereocenters. The van der Waals surface area contributed by atoms with Crippen molar-refractivity contribution in [2.24, 2.45) is 0 Å². The molecule has 4 rings (SSSR count). The summed E-state index contributed by atoms with van der Waals surface area (Å²) in [6.07, 6.45) is -9.76. The van der Waals surface area contributed by atoms with E-state index in [4.69, 9.17) is 5.11 Å². The first-order chi connectivity index (χ1) is 17.6. The van der Waals surface area contributed by atoms with Gasteiger partial charge in [-0.15, -0.1) is 0 Å². The highest BCUT2D eigenvalue weighted by atomic mass is 19.4. The van der Waals surface area contributed by atoms with Gasteiger partial charge in [0.1, 0.15) is 17.1 Å². The van der Waals surface area contributed by atoms with Crippen molar-refractivity contribution in [2.45, 2.75) is 38.4 Å². The zero-order valence-electron chi connectivity index (χ0n) is 19.6. The van der Waals surface area contributed by atoms with Crippen molar-refractivity contribution in [3.63, 3.8) is 0 Å². The summed E-state index contributed by atoms with van der Waals surface area (Å²) in [4.78, 5) is 25.5. The summed E-state index contributed by atoms with van der Waals surface area (Å²) in [5.74, 6) is -3.18. The molecule has 1 aliphatic heterocycles. The Morgan fingerprint density at radius 2 is 1.68 bits per heavy atom. The van der Waals surface area contributed by atoms with Crippen molar-refractivity contribution in [1.82, 2.24) is 15.1 Å². The van der Waals surface area contributed by atoms with Gasteiger partial charge in [-0.1, -0.05) is 12.1 Å². The van der Waals surface area contributed by atoms with Crippen LogP contribution in [0.15, 0.2) is 42.5 Å². The highest BCUT2D eigenvalue weighted by Gasteiger charge is 2.44. The van der Waals surface area contributed by atoms with E-state index in [1.54, 1.807) is 0 Å². The number of aromatic nitrogens is 2. The number of rotatable bonds is 6. The summed E-state index contributed by atoms with van der Waals surface area (Å²) in [5, 5.41) is 24.8. The lowest BCUT2D eigenvalue weighted by molar-refractivity contribution is -0.142. The Balaban J connectivity index is 1.67. The summed E-state index contributed by atoms with van der Waals surface area (Å²) in [6.45, 7) is 1.17. The molecule has 0 saturated heterocycles. The number of carbonyl (C=O) groups is 2. The molecular formula is C24H20F6N4O4. The van der Waals surface area contributed by atoms with Crippen LogP contribution in [0.5, 0.6) is 5.75 Å². The number of amides is 1. The van der Waals surface area contributed by atoms with Gasteiger partial charge in [-0.25, -0.2) is 9.48 Å². The maximum atomic E-state index is 13.8. The molecule has 0 unspecified atom stereocenters. The maximum Gasteiger partial charge on any atom is 0.436 e. The molecule has 38 heavy (non-hydrogen) atoms. The number of fused-ring (bicyclic) bond motifs is 1. The first kappa shape index (κ1) is 26.8. The Hall–Kier alpha value is -4.23. The number of hydrogen-bond donors (Lipinski definition) is 3. The number of alkyl halides is 6. The molecular weight excluding hydrogens is 522 g/mol. The van der Waals surface area contributed by atoms with Gasteiger partial charge in [0.25, 0.3) is 5.91 Å². The predicted octanol–water partition coefficient (Wildman–Crippen LogP) is 4.84. The maximum absolute atomic E-state index is 13.8. The van der Waals surface area contributed by atoms with Crippen molar-refractivity contribution in [3.05, 3.63) is 76.0 Å². The first-order valence-electron chi connectivity index (χ1n) is 11.1. The van der Waals surface area contributed by atoms with Crippen molar-refractivity contribution in [1.29, 1.82) is 0 Å². The highest BCUT2D eigenvalue weighted by Crippen LogP contribution is 2.39. The van der Waals surface area contributed by atoms with E-state index in [2.05, 4.69) is 10.4 Å². The Morgan fingerprint density at radius 1 is 1.03 bits per heavy atom. The Kier molecular flexibility index (Phi) is 6.76. The number of phenols is 1. The van der Waals surface area contributed by atoms with Crippen LogP contribution in [-0.2, 0) is 25.4 Å². The lowest BCUT2D eigenvalue weighted by Crippen LogP contribution is -2.31. The normalized spacial score (nSPS) is 14.3. The van der Waals surface area contributed by atoms with Crippen molar-refractivity contribution in [2.75, 3.05) is 11.4 Å². The van der Waals surface area contributed by atoms with E-state index < -0.39 is 52.8 Å². The molecule has 0 saturated carbocycles. The third-order valence-corrected chi connectivity index (χ3v) is 5.99. The number of carboxylic acids is 1. The Labute approximate surface area is 211 Å². The number of nitrogens with zero attached hydrogens (tertiary/aromatic N) is 3. The van der Waals surface area contributed by atoms with Crippen molar-refractivity contribution in [3.8, 4) is 5.75 Å². The SMILES string of the molecule is C[C@H](NC(=O)c1c(C(F)(F)F)nn2c1N(Cc1cc(O)cc(C(F)(F)F)c1)CC2)c1ccc(C(=O)O)cc1. The number of halogens is 6. The summed E-state index contributed by atoms with van der Waals surface area (Å²) in [7, 11) is 0. The van der Waals surface area contributed by atoms with Gasteiger partial charge in [0.15, 0.2) is 5.69 Å². The molecule has 2 aromatic carbocycles. The second-order valence-electron chi connectivity index (χ2n) is 8.70. The van der Waals surface area contributed by atoms with Crippen LogP contribution in [0.25, 0.3) is 0 Å². The second kappa shape index (κ2) is 9.58. The molecule has 1 aliphatic rings. The molecule has 0 radical (unpaired) electrons. The number of hydrogen-bond acceptors (Lipinski definition) is 5. The molecule has 1 aromatic heterocycles. The van der Waals surface area contributed by atoms with Crippen LogP contribution in [0.1, 0.15) is 56.1 Å². The number of aromatic carboxylic acids is 1. The van der Waals surface area contributed by atoms with Crippen LogP contribution in [0.2, 0.25) is 0 Å². The van der Waals surface area contributed by atoms with Crippen LogP contribution in [-0.4, -0.2) is 38.4 Å². The monoisotopic (exact) mass is 542 g/mol.